The van der Waals surface area contributed by atoms with Crippen LogP contribution in [0.15, 0.2) is 30.3 Å². The summed E-state index contributed by atoms with van der Waals surface area (Å²) in [5.74, 6) is 4.30. The van der Waals surface area contributed by atoms with E-state index in [0.29, 0.717) is 44.1 Å². The quantitative estimate of drug-likeness (QED) is 0.128. The van der Waals surface area contributed by atoms with Gasteiger partial charge in [-0.2, -0.15) is 10.8 Å². The topological polar surface area (TPSA) is 169 Å². The lowest BCUT2D eigenvalue weighted by Crippen LogP contribution is -2.37. The molecule has 11 nitrogen and oxygen atoms in total. The molecule has 0 saturated carbocycles. The van der Waals surface area contributed by atoms with Crippen molar-refractivity contribution in [1.29, 1.82) is 0 Å². The zero-order chi connectivity index (χ0) is 23.8. The number of fused-ring (bicyclic) bond motifs is 2. The Balaban J connectivity index is 2.02. The van der Waals surface area contributed by atoms with E-state index in [4.69, 9.17) is 21.0 Å². The number of hydroxylamine groups is 1. The number of anilines is 2. The van der Waals surface area contributed by atoms with Crippen LogP contribution in [-0.2, 0) is 4.94 Å². The van der Waals surface area contributed by atoms with Crippen LogP contribution in [0.2, 0.25) is 0 Å². The van der Waals surface area contributed by atoms with Crippen LogP contribution in [0.1, 0.15) is 31.8 Å². The van der Waals surface area contributed by atoms with Gasteiger partial charge in [0.1, 0.15) is 5.75 Å². The standard InChI is InChI=1S/C22H29N5O6/c23-33-27(11-8-25-10-13-29)16-5-4-15(26-7-6-24-9-12-28)19-20(16)21(31)14-2-1-3-17(30)18(14)22(19)32/h1-5,24-26,28-30H,6-13,23H2. The van der Waals surface area contributed by atoms with Crippen molar-refractivity contribution in [2.75, 3.05) is 62.9 Å². The average Bonchev–Trinajstić information content (AvgIpc) is 2.82. The van der Waals surface area contributed by atoms with Gasteiger partial charge in [-0.05, 0) is 18.2 Å². The summed E-state index contributed by atoms with van der Waals surface area (Å²) in [6, 6.07) is 7.67. The average molecular weight is 460 g/mol. The Labute approximate surface area is 191 Å². The number of hydrogen-bond donors (Lipinski definition) is 7. The summed E-state index contributed by atoms with van der Waals surface area (Å²) in [6.45, 7) is 2.41. The van der Waals surface area contributed by atoms with E-state index in [-0.39, 0.29) is 47.8 Å². The van der Waals surface area contributed by atoms with Crippen molar-refractivity contribution in [2.45, 2.75) is 0 Å². The van der Waals surface area contributed by atoms with Crippen LogP contribution in [0, 0.1) is 0 Å². The number of carbonyl (C=O) groups excluding carboxylic acids is 2. The van der Waals surface area contributed by atoms with Crippen molar-refractivity contribution < 1.29 is 29.8 Å². The molecule has 3 rings (SSSR count). The number of phenolic OH excluding ortho intramolecular Hbond substituents is 1. The number of carbonyl (C=O) groups is 2. The Morgan fingerprint density at radius 1 is 0.848 bits per heavy atom. The van der Waals surface area contributed by atoms with Gasteiger partial charge in [-0.25, -0.2) is 5.06 Å². The Hall–Kier alpha value is -3.06. The fraction of sp³-hybridized carbons (Fsp3) is 0.364. The number of aliphatic hydroxyl groups excluding tert-OH is 2. The molecule has 0 aliphatic heterocycles. The minimum absolute atomic E-state index is 0.00916. The van der Waals surface area contributed by atoms with Crippen molar-refractivity contribution in [3.8, 4) is 5.75 Å². The molecule has 1 aliphatic carbocycles. The molecular weight excluding hydrogens is 430 g/mol. The van der Waals surface area contributed by atoms with E-state index in [1.54, 1.807) is 12.1 Å². The molecule has 0 unspecified atom stereocenters. The number of aromatic hydroxyl groups is 1. The van der Waals surface area contributed by atoms with Gasteiger partial charge in [0.05, 0.1) is 42.1 Å². The van der Waals surface area contributed by atoms with Gasteiger partial charge < -0.3 is 31.3 Å². The van der Waals surface area contributed by atoms with E-state index in [0.717, 1.165) is 0 Å². The first-order chi connectivity index (χ1) is 16.0. The van der Waals surface area contributed by atoms with Crippen molar-refractivity contribution in [3.63, 3.8) is 0 Å². The number of hydrogen-bond acceptors (Lipinski definition) is 11. The summed E-state index contributed by atoms with van der Waals surface area (Å²) < 4.78 is 0. The molecule has 33 heavy (non-hydrogen) atoms. The molecule has 2 aromatic carbocycles. The molecule has 0 atom stereocenters. The highest BCUT2D eigenvalue weighted by atomic mass is 16.8. The Bertz CT molecular complexity index is 999. The first-order valence-corrected chi connectivity index (χ1v) is 10.6. The minimum Gasteiger partial charge on any atom is -0.507 e. The van der Waals surface area contributed by atoms with E-state index in [1.807, 2.05) is 0 Å². The fourth-order valence-electron chi connectivity index (χ4n) is 3.74. The number of nitrogens with one attached hydrogen (secondary N) is 3. The van der Waals surface area contributed by atoms with Gasteiger partial charge in [0.25, 0.3) is 0 Å². The molecule has 2 aromatic rings. The fourth-order valence-corrected chi connectivity index (χ4v) is 3.74. The Morgan fingerprint density at radius 3 is 2.27 bits per heavy atom. The molecule has 0 heterocycles. The molecule has 1 aliphatic rings. The maximum atomic E-state index is 13.5. The highest BCUT2D eigenvalue weighted by molar-refractivity contribution is 6.32. The molecule has 0 saturated heterocycles. The second-order valence-corrected chi connectivity index (χ2v) is 7.32. The zero-order valence-electron chi connectivity index (χ0n) is 18.1. The molecule has 178 valence electrons. The van der Waals surface area contributed by atoms with Crippen LogP contribution in [0.3, 0.4) is 0 Å². The van der Waals surface area contributed by atoms with Crippen LogP contribution in [-0.4, -0.2) is 79.4 Å². The summed E-state index contributed by atoms with van der Waals surface area (Å²) >= 11 is 0. The van der Waals surface area contributed by atoms with Crippen LogP contribution in [0.4, 0.5) is 11.4 Å². The van der Waals surface area contributed by atoms with E-state index < -0.39 is 11.6 Å². The monoisotopic (exact) mass is 459 g/mol. The number of ketones is 2. The van der Waals surface area contributed by atoms with E-state index in [9.17, 15) is 14.7 Å². The number of aliphatic hydroxyl groups is 2. The smallest absolute Gasteiger partial charge is 0.200 e. The lowest BCUT2D eigenvalue weighted by atomic mass is 9.81. The number of nitrogens with zero attached hydrogens (tertiary/aromatic N) is 1. The SMILES string of the molecule is NON(CCNCCO)c1ccc(NCCNCCO)c2c1C(=O)c1cccc(O)c1C2=O. The highest BCUT2D eigenvalue weighted by Crippen LogP contribution is 2.40. The van der Waals surface area contributed by atoms with Crippen LogP contribution < -0.4 is 26.9 Å². The predicted octanol–water partition coefficient (Wildman–Crippen LogP) is -0.645. The first kappa shape index (κ1) is 24.6. The molecular formula is C22H29N5O6. The van der Waals surface area contributed by atoms with Gasteiger partial charge in [0, 0.05) is 44.0 Å². The van der Waals surface area contributed by atoms with Crippen LogP contribution in [0.25, 0.3) is 0 Å². The molecule has 0 fully saturated rings. The number of benzene rings is 2. The second-order valence-electron chi connectivity index (χ2n) is 7.32. The third-order valence-corrected chi connectivity index (χ3v) is 5.23. The summed E-state index contributed by atoms with van der Waals surface area (Å²) in [6.07, 6.45) is 0. The van der Waals surface area contributed by atoms with Gasteiger partial charge >= 0.3 is 0 Å². The van der Waals surface area contributed by atoms with Gasteiger partial charge in [-0.3, -0.25) is 9.59 Å². The Kier molecular flexibility index (Phi) is 8.72. The Morgan fingerprint density at radius 2 is 1.58 bits per heavy atom. The van der Waals surface area contributed by atoms with Crippen LogP contribution >= 0.6 is 0 Å². The van der Waals surface area contributed by atoms with Crippen LogP contribution in [0.5, 0.6) is 5.75 Å². The number of rotatable bonds is 13. The molecule has 0 bridgehead atoms. The van der Waals surface area contributed by atoms with Crippen molar-refractivity contribution in [2.24, 2.45) is 5.90 Å². The number of nitrogens with two attached hydrogens (primary N) is 1. The maximum absolute atomic E-state index is 13.5. The first-order valence-electron chi connectivity index (χ1n) is 10.6. The summed E-state index contributed by atoms with van der Waals surface area (Å²) in [4.78, 5) is 32.0. The summed E-state index contributed by atoms with van der Waals surface area (Å²) in [5, 5.41) is 38.6. The van der Waals surface area contributed by atoms with Crippen molar-refractivity contribution >= 4 is 22.9 Å². The highest BCUT2D eigenvalue weighted by Gasteiger charge is 2.37. The largest absolute Gasteiger partial charge is 0.507 e. The van der Waals surface area contributed by atoms with Crippen molar-refractivity contribution in [1.82, 2.24) is 10.6 Å². The lowest BCUT2D eigenvalue weighted by Gasteiger charge is -2.28. The molecule has 8 N–H and O–H groups in total. The van der Waals surface area contributed by atoms with Gasteiger partial charge in [0.2, 0.25) is 0 Å². The maximum Gasteiger partial charge on any atom is 0.200 e. The van der Waals surface area contributed by atoms with E-state index in [2.05, 4.69) is 16.0 Å². The van der Waals surface area contributed by atoms with Gasteiger partial charge in [0.15, 0.2) is 11.6 Å². The zero-order valence-corrected chi connectivity index (χ0v) is 18.1. The minimum atomic E-state index is -0.485. The number of phenols is 1. The summed E-state index contributed by atoms with van der Waals surface area (Å²) in [5.41, 5.74) is 1.05. The third-order valence-electron chi connectivity index (χ3n) is 5.23. The van der Waals surface area contributed by atoms with Gasteiger partial charge in [-0.1, -0.05) is 12.1 Å². The second kappa shape index (κ2) is 11.7. The molecule has 0 aromatic heterocycles. The summed E-state index contributed by atoms with van der Waals surface area (Å²) in [7, 11) is 0. The normalized spacial score (nSPS) is 12.5. The molecule has 0 radical (unpaired) electrons. The van der Waals surface area contributed by atoms with E-state index >= 15 is 0 Å². The predicted molar refractivity (Wildman–Crippen MR) is 122 cm³/mol. The van der Waals surface area contributed by atoms with Gasteiger partial charge in [-0.15, -0.1) is 0 Å². The lowest BCUT2D eigenvalue weighted by molar-refractivity contribution is 0.0963. The molecule has 0 amide bonds. The molecule has 0 spiro atoms. The van der Waals surface area contributed by atoms with Crippen molar-refractivity contribution in [3.05, 3.63) is 52.6 Å². The molecule has 11 heteroatoms. The van der Waals surface area contributed by atoms with E-state index in [1.165, 1.54) is 23.3 Å². The third kappa shape index (κ3) is 5.30.